The molecule has 0 saturated carbocycles. The SMILES string of the molecule is Cc1c(-c2c3scc(-c4nc(CC(C)(C)C(F)(F)F)cs4)c3nc[n+]2C)cc(C(C)(C)C)c2ccccc12. The molecule has 0 unspecified atom stereocenters. The highest BCUT2D eigenvalue weighted by Gasteiger charge is 2.47. The molecule has 2 aromatic carbocycles. The summed E-state index contributed by atoms with van der Waals surface area (Å²) in [5, 5.41) is 6.95. The minimum absolute atomic E-state index is 0.0468. The molecule has 0 N–H and O–H groups in total. The van der Waals surface area contributed by atoms with E-state index >= 15 is 0 Å². The molecule has 0 atom stereocenters. The topological polar surface area (TPSA) is 29.7 Å². The number of thiophene rings is 1. The van der Waals surface area contributed by atoms with Crippen LogP contribution in [0.4, 0.5) is 13.2 Å². The summed E-state index contributed by atoms with van der Waals surface area (Å²) in [6, 6.07) is 10.9. The molecule has 198 valence electrons. The van der Waals surface area contributed by atoms with E-state index in [4.69, 9.17) is 4.98 Å². The van der Waals surface area contributed by atoms with Gasteiger partial charge in [-0.05, 0) is 45.3 Å². The predicted octanol–water partition coefficient (Wildman–Crippen LogP) is 8.80. The van der Waals surface area contributed by atoms with Crippen LogP contribution in [0.3, 0.4) is 0 Å². The van der Waals surface area contributed by atoms with Gasteiger partial charge in [0.2, 0.25) is 5.52 Å². The number of halogens is 3. The summed E-state index contributed by atoms with van der Waals surface area (Å²) >= 11 is 2.97. The van der Waals surface area contributed by atoms with Gasteiger partial charge in [-0.1, -0.05) is 58.9 Å². The number of nitrogens with zero attached hydrogens (tertiary/aromatic N) is 3. The summed E-state index contributed by atoms with van der Waals surface area (Å²) < 4.78 is 43.4. The van der Waals surface area contributed by atoms with Crippen molar-refractivity contribution in [2.75, 3.05) is 0 Å². The van der Waals surface area contributed by atoms with Crippen LogP contribution in [0.1, 0.15) is 51.4 Å². The van der Waals surface area contributed by atoms with Gasteiger partial charge in [-0.3, -0.25) is 0 Å². The van der Waals surface area contributed by atoms with E-state index in [1.165, 1.54) is 47.1 Å². The summed E-state index contributed by atoms with van der Waals surface area (Å²) in [6.07, 6.45) is -2.63. The standard InChI is InChI=1S/C30H31F3N3S2/c1-17-19-10-8-9-11-20(19)23(28(2,3)4)12-21(17)25-26-24(34-16-36(25)7)22(15-37-26)27-35-18(14-38-27)13-29(5,6)30(31,32)33/h8-12,14-16H,13H2,1-7H3/q+1. The summed E-state index contributed by atoms with van der Waals surface area (Å²) in [7, 11) is 2.01. The Morgan fingerprint density at radius 3 is 2.26 bits per heavy atom. The van der Waals surface area contributed by atoms with Crippen LogP contribution in [0.15, 0.2) is 47.4 Å². The van der Waals surface area contributed by atoms with E-state index in [0.29, 0.717) is 10.7 Å². The highest BCUT2D eigenvalue weighted by molar-refractivity contribution is 7.19. The molecule has 3 aromatic heterocycles. The van der Waals surface area contributed by atoms with E-state index in [9.17, 15) is 13.2 Å². The van der Waals surface area contributed by atoms with Gasteiger partial charge in [-0.2, -0.15) is 13.2 Å². The molecule has 0 saturated heterocycles. The molecule has 0 aliphatic carbocycles. The molecule has 0 amide bonds. The van der Waals surface area contributed by atoms with Gasteiger partial charge < -0.3 is 0 Å². The second kappa shape index (κ2) is 9.12. The molecule has 0 radical (unpaired) electrons. The number of hydrogen-bond acceptors (Lipinski definition) is 4. The Bertz CT molecular complexity index is 1670. The minimum atomic E-state index is -4.29. The normalized spacial score (nSPS) is 13.1. The smallest absolute Gasteiger partial charge is 0.241 e. The van der Waals surface area contributed by atoms with Crippen molar-refractivity contribution in [1.29, 1.82) is 0 Å². The summed E-state index contributed by atoms with van der Waals surface area (Å²) in [5.74, 6) is 0. The first-order valence-corrected chi connectivity index (χ1v) is 14.3. The quantitative estimate of drug-likeness (QED) is 0.208. The fourth-order valence-electron chi connectivity index (χ4n) is 4.93. The molecule has 3 nitrogen and oxygen atoms in total. The van der Waals surface area contributed by atoms with Crippen LogP contribution in [0.25, 0.3) is 42.8 Å². The fourth-order valence-corrected chi connectivity index (χ4v) is 6.94. The van der Waals surface area contributed by atoms with Gasteiger partial charge >= 0.3 is 6.18 Å². The Hall–Kier alpha value is -2.84. The maximum Gasteiger partial charge on any atom is 0.394 e. The first-order chi connectivity index (χ1) is 17.7. The zero-order valence-electron chi connectivity index (χ0n) is 22.6. The van der Waals surface area contributed by atoms with Gasteiger partial charge in [0.05, 0.1) is 23.7 Å². The van der Waals surface area contributed by atoms with Crippen molar-refractivity contribution >= 4 is 43.7 Å². The third kappa shape index (κ3) is 4.51. The second-order valence-corrected chi connectivity index (χ2v) is 13.4. The molecule has 0 spiro atoms. The molecular formula is C30H31F3N3S2+. The number of aryl methyl sites for hydroxylation is 2. The van der Waals surface area contributed by atoms with Gasteiger partial charge in [-0.15, -0.1) is 22.7 Å². The molecule has 38 heavy (non-hydrogen) atoms. The first-order valence-electron chi connectivity index (χ1n) is 12.5. The summed E-state index contributed by atoms with van der Waals surface area (Å²) in [5.41, 5.74) is 4.98. The Morgan fingerprint density at radius 1 is 0.921 bits per heavy atom. The van der Waals surface area contributed by atoms with Crippen molar-refractivity contribution in [3.63, 3.8) is 0 Å². The Labute approximate surface area is 229 Å². The fraction of sp³-hybridized carbons (Fsp3) is 0.367. The van der Waals surface area contributed by atoms with Crippen LogP contribution in [0, 0.1) is 12.3 Å². The number of rotatable bonds is 4. The van der Waals surface area contributed by atoms with Crippen molar-refractivity contribution < 1.29 is 17.7 Å². The lowest BCUT2D eigenvalue weighted by Gasteiger charge is -2.26. The van der Waals surface area contributed by atoms with Gasteiger partial charge in [0.25, 0.3) is 6.33 Å². The van der Waals surface area contributed by atoms with Gasteiger partial charge in [0.1, 0.15) is 9.71 Å². The molecule has 0 fully saturated rings. The van der Waals surface area contributed by atoms with E-state index in [1.54, 1.807) is 16.7 Å². The monoisotopic (exact) mass is 554 g/mol. The zero-order chi connectivity index (χ0) is 27.6. The maximum absolute atomic E-state index is 13.4. The van der Waals surface area contributed by atoms with Crippen LogP contribution in [-0.4, -0.2) is 16.1 Å². The van der Waals surface area contributed by atoms with E-state index in [0.717, 1.165) is 27.0 Å². The van der Waals surface area contributed by atoms with Crippen molar-refractivity contribution in [3.8, 4) is 21.8 Å². The highest BCUT2D eigenvalue weighted by Crippen LogP contribution is 2.44. The average Bonchev–Trinajstić information content (AvgIpc) is 3.45. The average molecular weight is 555 g/mol. The van der Waals surface area contributed by atoms with Crippen LogP contribution in [0.5, 0.6) is 0 Å². The molecule has 5 aromatic rings. The number of aromatic nitrogens is 3. The third-order valence-corrected chi connectivity index (χ3v) is 9.14. The number of hydrogen-bond donors (Lipinski definition) is 0. The molecule has 8 heteroatoms. The van der Waals surface area contributed by atoms with E-state index in [2.05, 4.69) is 67.6 Å². The summed E-state index contributed by atoms with van der Waals surface area (Å²) in [4.78, 5) is 9.36. The number of benzene rings is 2. The minimum Gasteiger partial charge on any atom is -0.241 e. The van der Waals surface area contributed by atoms with Crippen LogP contribution >= 0.6 is 22.7 Å². The van der Waals surface area contributed by atoms with Gasteiger partial charge in [-0.25, -0.2) is 9.55 Å². The predicted molar refractivity (Wildman–Crippen MR) is 152 cm³/mol. The maximum atomic E-state index is 13.4. The van der Waals surface area contributed by atoms with Crippen LogP contribution in [-0.2, 0) is 18.9 Å². The zero-order valence-corrected chi connectivity index (χ0v) is 24.3. The van der Waals surface area contributed by atoms with E-state index < -0.39 is 11.6 Å². The largest absolute Gasteiger partial charge is 0.394 e. The number of thiazole rings is 1. The Balaban J connectivity index is 1.66. The molecule has 5 rings (SSSR count). The third-order valence-electron chi connectivity index (χ3n) is 7.24. The lowest BCUT2D eigenvalue weighted by atomic mass is 9.80. The van der Waals surface area contributed by atoms with Gasteiger partial charge in [0.15, 0.2) is 5.69 Å². The Kier molecular flexibility index (Phi) is 6.42. The summed E-state index contributed by atoms with van der Waals surface area (Å²) in [6.45, 7) is 11.3. The molecule has 0 bridgehead atoms. The Morgan fingerprint density at radius 2 is 1.61 bits per heavy atom. The lowest BCUT2D eigenvalue weighted by molar-refractivity contribution is -0.662. The van der Waals surface area contributed by atoms with Crippen molar-refractivity contribution in [1.82, 2.24) is 9.97 Å². The highest BCUT2D eigenvalue weighted by atomic mass is 32.1. The van der Waals surface area contributed by atoms with Crippen molar-refractivity contribution in [3.05, 3.63) is 64.2 Å². The van der Waals surface area contributed by atoms with Crippen LogP contribution in [0.2, 0.25) is 0 Å². The van der Waals surface area contributed by atoms with E-state index in [-0.39, 0.29) is 11.8 Å². The number of fused-ring (bicyclic) bond motifs is 2. The van der Waals surface area contributed by atoms with Crippen molar-refractivity contribution in [2.24, 2.45) is 12.5 Å². The number of alkyl halides is 3. The molecule has 0 aliphatic rings. The first kappa shape index (κ1) is 26.8. The van der Waals surface area contributed by atoms with Gasteiger partial charge in [0, 0.05) is 22.7 Å². The van der Waals surface area contributed by atoms with Crippen molar-refractivity contribution in [2.45, 2.75) is 59.6 Å². The van der Waals surface area contributed by atoms with E-state index in [1.807, 2.05) is 18.8 Å². The molecular weight excluding hydrogens is 523 g/mol. The second-order valence-electron chi connectivity index (χ2n) is 11.6. The molecule has 3 heterocycles. The molecule has 0 aliphatic heterocycles. The lowest BCUT2D eigenvalue weighted by Crippen LogP contribution is -2.34. The van der Waals surface area contributed by atoms with Crippen LogP contribution < -0.4 is 4.57 Å².